The van der Waals surface area contributed by atoms with Crippen LogP contribution >= 0.6 is 0 Å². The van der Waals surface area contributed by atoms with Crippen molar-refractivity contribution in [2.75, 3.05) is 13.2 Å². The monoisotopic (exact) mass is 427 g/mol. The van der Waals surface area contributed by atoms with E-state index in [1.807, 2.05) is 0 Å². The first-order chi connectivity index (χ1) is 12.5. The maximum absolute atomic E-state index is 12.4. The Labute approximate surface area is 152 Å². The highest BCUT2D eigenvalue weighted by atomic mass is 32.3. The molecule has 13 heteroatoms. The van der Waals surface area contributed by atoms with E-state index in [0.717, 1.165) is 6.07 Å². The largest absolute Gasteiger partial charge is 0.512 e. The molecule has 27 heavy (non-hydrogen) atoms. The average molecular weight is 427 g/mol. The van der Waals surface area contributed by atoms with E-state index in [1.165, 1.54) is 18.2 Å². The highest BCUT2D eigenvalue weighted by Gasteiger charge is 2.49. The molecule has 1 heterocycles. The minimum Gasteiger partial charge on any atom is -0.490 e. The number of halogens is 3. The average Bonchev–Trinajstić information content (AvgIpc) is 3.35. The van der Waals surface area contributed by atoms with Crippen molar-refractivity contribution in [3.8, 4) is 11.5 Å². The Hall–Kier alpha value is -2.09. The summed E-state index contributed by atoms with van der Waals surface area (Å²) in [6.07, 6.45) is -0.0307. The van der Waals surface area contributed by atoms with Gasteiger partial charge in [-0.2, -0.15) is 21.6 Å². The molecule has 1 unspecified atom stereocenters. The van der Waals surface area contributed by atoms with Crippen LogP contribution in [0.1, 0.15) is 0 Å². The number of hydrogen-bond acceptors (Lipinski definition) is 7. The summed E-state index contributed by atoms with van der Waals surface area (Å²) in [4.78, 5) is 0. The first-order valence-electron chi connectivity index (χ1n) is 7.29. The molecule has 0 amide bonds. The Morgan fingerprint density at radius 3 is 2.15 bits per heavy atom. The van der Waals surface area contributed by atoms with Crippen LogP contribution in [0.4, 0.5) is 13.2 Å². The van der Waals surface area contributed by atoms with Crippen molar-refractivity contribution in [1.29, 1.82) is 0 Å². The lowest BCUT2D eigenvalue weighted by molar-refractivity contribution is -0.0442. The van der Waals surface area contributed by atoms with E-state index in [1.54, 1.807) is 12.1 Å². The van der Waals surface area contributed by atoms with Crippen molar-refractivity contribution in [1.82, 2.24) is 4.13 Å². The van der Waals surface area contributed by atoms with Crippen LogP contribution < -0.4 is 13.0 Å². The van der Waals surface area contributed by atoms with E-state index < -0.39 is 25.8 Å². The zero-order chi connectivity index (χ0) is 19.9. The van der Waals surface area contributed by atoms with Crippen molar-refractivity contribution in [3.05, 3.63) is 36.4 Å². The predicted octanol–water partition coefficient (Wildman–Crippen LogP) is 1.68. The number of benzene rings is 2. The lowest BCUT2D eigenvalue weighted by Gasteiger charge is -2.13. The zero-order valence-corrected chi connectivity index (χ0v) is 14.9. The topological polar surface area (TPSA) is 111 Å². The first-order valence-corrected chi connectivity index (χ1v) is 10.2. The lowest BCUT2D eigenvalue weighted by atomic mass is 10.1. The summed E-state index contributed by atoms with van der Waals surface area (Å²) in [5, 5.41) is 0.617. The third-order valence-corrected chi connectivity index (χ3v) is 6.09. The third kappa shape index (κ3) is 4.61. The van der Waals surface area contributed by atoms with Crippen LogP contribution in [0.5, 0.6) is 11.5 Å². The van der Waals surface area contributed by atoms with Crippen molar-refractivity contribution < 1.29 is 43.7 Å². The van der Waals surface area contributed by atoms with Gasteiger partial charge in [0.05, 0.1) is 6.61 Å². The number of rotatable bonds is 7. The number of epoxide rings is 1. The molecular formula is C14H12F3NO7S2. The standard InChI is InChI=1S/C14H12F3NO7S2/c15-14(16,17)26(19,20)18-27(21,22)25-13-6-2-3-10-11(13)4-1-5-12(10)24-8-9-7-23-9/h1-6,9,18H,7-8H2. The predicted molar refractivity (Wildman–Crippen MR) is 86.8 cm³/mol. The van der Waals surface area contributed by atoms with E-state index in [4.69, 9.17) is 9.47 Å². The molecule has 0 spiro atoms. The number of alkyl halides is 3. The first kappa shape index (κ1) is 19.7. The highest BCUT2D eigenvalue weighted by Crippen LogP contribution is 2.33. The van der Waals surface area contributed by atoms with Crippen molar-refractivity contribution in [3.63, 3.8) is 0 Å². The summed E-state index contributed by atoms with van der Waals surface area (Å²) in [5.74, 6) is 0.00668. The molecule has 8 nitrogen and oxygen atoms in total. The minimum absolute atomic E-state index is 0.0307. The fourth-order valence-electron chi connectivity index (χ4n) is 2.11. The number of sulfonamides is 1. The summed E-state index contributed by atoms with van der Waals surface area (Å²) < 4.78 is 98.2. The molecular weight excluding hydrogens is 415 g/mol. The van der Waals surface area contributed by atoms with Gasteiger partial charge in [-0.1, -0.05) is 28.4 Å². The summed E-state index contributed by atoms with van der Waals surface area (Å²) in [6, 6.07) is 8.69. The number of hydrogen-bond donors (Lipinski definition) is 1. The van der Waals surface area contributed by atoms with Crippen LogP contribution in [0.15, 0.2) is 36.4 Å². The van der Waals surface area contributed by atoms with Gasteiger partial charge in [0.1, 0.15) is 18.5 Å². The van der Waals surface area contributed by atoms with Gasteiger partial charge in [0.25, 0.3) is 0 Å². The van der Waals surface area contributed by atoms with Crippen LogP contribution in [0.25, 0.3) is 10.8 Å². The molecule has 0 bridgehead atoms. The molecule has 2 aromatic carbocycles. The van der Waals surface area contributed by atoms with E-state index in [2.05, 4.69) is 4.18 Å². The zero-order valence-electron chi connectivity index (χ0n) is 13.3. The van der Waals surface area contributed by atoms with Crippen LogP contribution in [-0.4, -0.2) is 41.7 Å². The smallest absolute Gasteiger partial charge is 0.490 e. The lowest BCUT2D eigenvalue weighted by Crippen LogP contribution is -2.42. The maximum atomic E-state index is 12.4. The van der Waals surface area contributed by atoms with Gasteiger partial charge in [0.15, 0.2) is 5.75 Å². The van der Waals surface area contributed by atoms with E-state index >= 15 is 0 Å². The highest BCUT2D eigenvalue weighted by molar-refractivity contribution is 8.03. The van der Waals surface area contributed by atoms with E-state index in [-0.39, 0.29) is 23.8 Å². The van der Waals surface area contributed by atoms with Crippen molar-refractivity contribution in [2.45, 2.75) is 11.6 Å². The van der Waals surface area contributed by atoms with Crippen LogP contribution in [0, 0.1) is 0 Å². The molecule has 1 fully saturated rings. The minimum atomic E-state index is -6.15. The molecule has 0 saturated carbocycles. The molecule has 1 aliphatic rings. The van der Waals surface area contributed by atoms with E-state index in [0.29, 0.717) is 21.9 Å². The molecule has 148 valence electrons. The Morgan fingerprint density at radius 2 is 1.59 bits per heavy atom. The van der Waals surface area contributed by atoms with Gasteiger partial charge >= 0.3 is 25.8 Å². The van der Waals surface area contributed by atoms with Crippen LogP contribution in [-0.2, 0) is 25.1 Å². The van der Waals surface area contributed by atoms with Crippen LogP contribution in [0.3, 0.4) is 0 Å². The molecule has 2 aromatic rings. The Bertz CT molecular complexity index is 1060. The SMILES string of the molecule is O=S(=O)(NS(=O)(=O)C(F)(F)F)Oc1cccc2c(OCC3CO3)cccc12. The summed E-state index contributed by atoms with van der Waals surface area (Å²) >= 11 is 0. The van der Waals surface area contributed by atoms with Gasteiger partial charge in [0.2, 0.25) is 0 Å². The van der Waals surface area contributed by atoms with Gasteiger partial charge in [-0.15, -0.1) is 0 Å². The van der Waals surface area contributed by atoms with Gasteiger partial charge in [-0.3, -0.25) is 0 Å². The molecule has 0 radical (unpaired) electrons. The van der Waals surface area contributed by atoms with Gasteiger partial charge < -0.3 is 13.7 Å². The van der Waals surface area contributed by atoms with Gasteiger partial charge in [-0.25, -0.2) is 8.42 Å². The molecule has 1 saturated heterocycles. The Kier molecular flexibility index (Phi) is 4.96. The molecule has 0 aromatic heterocycles. The second-order valence-corrected chi connectivity index (χ2v) is 8.66. The molecule has 1 atom stereocenters. The number of ether oxygens (including phenoxy) is 2. The number of nitrogens with one attached hydrogen (secondary N) is 1. The summed E-state index contributed by atoms with van der Waals surface area (Å²) in [6.45, 7) is 0.838. The fraction of sp³-hybridized carbons (Fsp3) is 0.286. The quantitative estimate of drug-likeness (QED) is 0.669. The normalized spacial score (nSPS) is 17.7. The molecule has 1 N–H and O–H groups in total. The second-order valence-electron chi connectivity index (χ2n) is 5.44. The van der Waals surface area contributed by atoms with Gasteiger partial charge in [-0.05, 0) is 12.1 Å². The third-order valence-electron chi connectivity index (χ3n) is 3.39. The van der Waals surface area contributed by atoms with Crippen molar-refractivity contribution in [2.24, 2.45) is 0 Å². The summed E-state index contributed by atoms with van der Waals surface area (Å²) in [5.41, 5.74) is -5.81. The second kappa shape index (κ2) is 6.82. The molecule has 3 rings (SSSR count). The molecule has 0 aliphatic carbocycles. The fourth-order valence-corrected chi connectivity index (χ4v) is 4.09. The van der Waals surface area contributed by atoms with Gasteiger partial charge in [0, 0.05) is 10.8 Å². The summed E-state index contributed by atoms with van der Waals surface area (Å²) in [7, 11) is -11.5. The van der Waals surface area contributed by atoms with Crippen molar-refractivity contribution >= 4 is 31.1 Å². The maximum Gasteiger partial charge on any atom is 0.512 e. The number of fused-ring (bicyclic) bond motifs is 1. The Balaban J connectivity index is 1.89. The van der Waals surface area contributed by atoms with Crippen LogP contribution in [0.2, 0.25) is 0 Å². The molecule has 1 aliphatic heterocycles. The Morgan fingerprint density at radius 1 is 1.04 bits per heavy atom. The van der Waals surface area contributed by atoms with E-state index in [9.17, 15) is 30.0 Å².